The molecular formula is C14H12N2O2. The van der Waals surface area contributed by atoms with Crippen molar-refractivity contribution in [3.8, 4) is 12.3 Å². The van der Waals surface area contributed by atoms with Gasteiger partial charge in [-0.2, -0.15) is 0 Å². The SMILES string of the molecule is C#CCOC(=O)c1ccc2nc(C)c(C)nc2c1. The molecule has 18 heavy (non-hydrogen) atoms. The van der Waals surface area contributed by atoms with Gasteiger partial charge < -0.3 is 4.74 Å². The van der Waals surface area contributed by atoms with Crippen LogP contribution in [0, 0.1) is 26.2 Å². The third-order valence-corrected chi connectivity index (χ3v) is 2.60. The Morgan fingerprint density at radius 3 is 2.61 bits per heavy atom. The second kappa shape index (κ2) is 4.84. The molecule has 0 bridgehead atoms. The zero-order valence-corrected chi connectivity index (χ0v) is 10.2. The molecule has 1 heterocycles. The molecule has 0 spiro atoms. The quantitative estimate of drug-likeness (QED) is 0.595. The average molecular weight is 240 g/mol. The standard InChI is InChI=1S/C14H12N2O2/c1-4-7-18-14(17)11-5-6-12-13(8-11)16-10(3)9(2)15-12/h1,5-6,8H,7H2,2-3H3. The second-order valence-electron chi connectivity index (χ2n) is 3.88. The van der Waals surface area contributed by atoms with Crippen LogP contribution in [0.2, 0.25) is 0 Å². The number of fused-ring (bicyclic) bond motifs is 1. The van der Waals surface area contributed by atoms with Crippen LogP contribution in [0.3, 0.4) is 0 Å². The summed E-state index contributed by atoms with van der Waals surface area (Å²) in [4.78, 5) is 20.4. The summed E-state index contributed by atoms with van der Waals surface area (Å²) in [6.45, 7) is 3.75. The van der Waals surface area contributed by atoms with E-state index >= 15 is 0 Å². The van der Waals surface area contributed by atoms with Crippen LogP contribution in [-0.2, 0) is 4.74 Å². The van der Waals surface area contributed by atoms with E-state index in [1.807, 2.05) is 13.8 Å². The summed E-state index contributed by atoms with van der Waals surface area (Å²) in [7, 11) is 0. The molecule has 1 aromatic carbocycles. The lowest BCUT2D eigenvalue weighted by molar-refractivity contribution is 0.0557. The van der Waals surface area contributed by atoms with E-state index in [0.29, 0.717) is 11.1 Å². The zero-order valence-electron chi connectivity index (χ0n) is 10.2. The molecule has 0 N–H and O–H groups in total. The normalized spacial score (nSPS) is 10.1. The summed E-state index contributed by atoms with van der Waals surface area (Å²) in [5.41, 5.74) is 3.58. The number of hydrogen-bond donors (Lipinski definition) is 0. The fourth-order valence-electron chi connectivity index (χ4n) is 1.55. The van der Waals surface area contributed by atoms with Crippen molar-refractivity contribution >= 4 is 17.0 Å². The van der Waals surface area contributed by atoms with E-state index in [1.165, 1.54) is 0 Å². The van der Waals surface area contributed by atoms with Crippen molar-refractivity contribution in [2.45, 2.75) is 13.8 Å². The number of terminal acetylenes is 1. The van der Waals surface area contributed by atoms with Gasteiger partial charge in [0.15, 0.2) is 6.61 Å². The second-order valence-corrected chi connectivity index (χ2v) is 3.88. The van der Waals surface area contributed by atoms with Crippen LogP contribution in [0.15, 0.2) is 18.2 Å². The van der Waals surface area contributed by atoms with Gasteiger partial charge in [0.1, 0.15) is 0 Å². The smallest absolute Gasteiger partial charge is 0.339 e. The van der Waals surface area contributed by atoms with E-state index in [0.717, 1.165) is 16.9 Å². The lowest BCUT2D eigenvalue weighted by atomic mass is 10.2. The van der Waals surface area contributed by atoms with Gasteiger partial charge in [-0.25, -0.2) is 14.8 Å². The van der Waals surface area contributed by atoms with Crippen LogP contribution in [-0.4, -0.2) is 22.5 Å². The van der Waals surface area contributed by atoms with Gasteiger partial charge in [-0.3, -0.25) is 0 Å². The van der Waals surface area contributed by atoms with Crippen molar-refractivity contribution in [1.29, 1.82) is 0 Å². The molecule has 0 aliphatic carbocycles. The maximum absolute atomic E-state index is 11.6. The number of hydrogen-bond acceptors (Lipinski definition) is 4. The van der Waals surface area contributed by atoms with Crippen LogP contribution in [0.4, 0.5) is 0 Å². The predicted molar refractivity (Wildman–Crippen MR) is 68.1 cm³/mol. The maximum atomic E-state index is 11.6. The molecule has 0 radical (unpaired) electrons. The monoisotopic (exact) mass is 240 g/mol. The van der Waals surface area contributed by atoms with Gasteiger partial charge in [-0.05, 0) is 32.0 Å². The summed E-state index contributed by atoms with van der Waals surface area (Å²) in [5.74, 6) is 1.80. The molecule has 0 unspecified atom stereocenters. The summed E-state index contributed by atoms with van der Waals surface area (Å²) in [6, 6.07) is 5.07. The van der Waals surface area contributed by atoms with Gasteiger partial charge in [-0.15, -0.1) is 6.42 Å². The number of ether oxygens (including phenoxy) is 1. The number of esters is 1. The van der Waals surface area contributed by atoms with Gasteiger partial charge in [0, 0.05) is 0 Å². The minimum Gasteiger partial charge on any atom is -0.449 e. The third kappa shape index (κ3) is 2.30. The lowest BCUT2D eigenvalue weighted by Crippen LogP contribution is -2.05. The van der Waals surface area contributed by atoms with Gasteiger partial charge >= 0.3 is 5.97 Å². The van der Waals surface area contributed by atoms with E-state index in [4.69, 9.17) is 11.2 Å². The van der Waals surface area contributed by atoms with Crippen LogP contribution >= 0.6 is 0 Å². The van der Waals surface area contributed by atoms with E-state index in [1.54, 1.807) is 18.2 Å². The predicted octanol–water partition coefficient (Wildman–Crippen LogP) is 2.04. The number of rotatable bonds is 2. The van der Waals surface area contributed by atoms with E-state index in [2.05, 4.69) is 15.9 Å². The van der Waals surface area contributed by atoms with Crippen molar-refractivity contribution in [2.24, 2.45) is 0 Å². The Kier molecular flexibility index (Phi) is 3.24. The lowest BCUT2D eigenvalue weighted by Gasteiger charge is -2.04. The molecule has 0 saturated carbocycles. The molecule has 0 saturated heterocycles. The highest BCUT2D eigenvalue weighted by Gasteiger charge is 2.09. The molecule has 2 rings (SSSR count). The first-order chi connectivity index (χ1) is 8.61. The number of carbonyl (C=O) groups excluding carboxylic acids is 1. The molecule has 2 aromatic rings. The first kappa shape index (κ1) is 12.1. The average Bonchev–Trinajstić information content (AvgIpc) is 2.36. The molecule has 4 nitrogen and oxygen atoms in total. The third-order valence-electron chi connectivity index (χ3n) is 2.60. The van der Waals surface area contributed by atoms with Gasteiger partial charge in [0.25, 0.3) is 0 Å². The highest BCUT2D eigenvalue weighted by Crippen LogP contribution is 2.15. The molecule has 0 fully saturated rings. The number of aromatic nitrogens is 2. The number of aryl methyl sites for hydroxylation is 2. The Hall–Kier alpha value is -2.41. The highest BCUT2D eigenvalue weighted by atomic mass is 16.5. The molecule has 4 heteroatoms. The van der Waals surface area contributed by atoms with Gasteiger partial charge in [0.05, 0.1) is 28.0 Å². The number of nitrogens with zero attached hydrogens (tertiary/aromatic N) is 2. The highest BCUT2D eigenvalue weighted by molar-refractivity contribution is 5.93. The summed E-state index contributed by atoms with van der Waals surface area (Å²) >= 11 is 0. The zero-order chi connectivity index (χ0) is 13.1. The Morgan fingerprint density at radius 2 is 1.94 bits per heavy atom. The summed E-state index contributed by atoms with van der Waals surface area (Å²) < 4.78 is 4.86. The molecule has 0 atom stereocenters. The van der Waals surface area contributed by atoms with Crippen LogP contribution in [0.25, 0.3) is 11.0 Å². The van der Waals surface area contributed by atoms with Crippen molar-refractivity contribution in [1.82, 2.24) is 9.97 Å². The summed E-state index contributed by atoms with van der Waals surface area (Å²) in [6.07, 6.45) is 5.03. The first-order valence-corrected chi connectivity index (χ1v) is 5.47. The Labute approximate surface area is 105 Å². The fraction of sp³-hybridized carbons (Fsp3) is 0.214. The van der Waals surface area contributed by atoms with Crippen LogP contribution < -0.4 is 0 Å². The van der Waals surface area contributed by atoms with Crippen LogP contribution in [0.5, 0.6) is 0 Å². The Morgan fingerprint density at radius 1 is 1.28 bits per heavy atom. The topological polar surface area (TPSA) is 52.1 Å². The van der Waals surface area contributed by atoms with E-state index < -0.39 is 5.97 Å². The first-order valence-electron chi connectivity index (χ1n) is 5.47. The van der Waals surface area contributed by atoms with Crippen molar-refractivity contribution < 1.29 is 9.53 Å². The molecule has 0 aliphatic rings. The molecule has 0 aliphatic heterocycles. The van der Waals surface area contributed by atoms with Crippen molar-refractivity contribution in [2.75, 3.05) is 6.61 Å². The minimum absolute atomic E-state index is 0.0323. The van der Waals surface area contributed by atoms with Crippen molar-refractivity contribution in [3.05, 3.63) is 35.2 Å². The van der Waals surface area contributed by atoms with Crippen molar-refractivity contribution in [3.63, 3.8) is 0 Å². The molecular weight excluding hydrogens is 228 g/mol. The van der Waals surface area contributed by atoms with Crippen LogP contribution in [0.1, 0.15) is 21.7 Å². The Bertz CT molecular complexity index is 657. The largest absolute Gasteiger partial charge is 0.449 e. The fourth-order valence-corrected chi connectivity index (χ4v) is 1.55. The maximum Gasteiger partial charge on any atom is 0.339 e. The molecule has 90 valence electrons. The Balaban J connectivity index is 2.41. The number of carbonyl (C=O) groups is 1. The summed E-state index contributed by atoms with van der Waals surface area (Å²) in [5, 5.41) is 0. The van der Waals surface area contributed by atoms with Gasteiger partial charge in [0.2, 0.25) is 0 Å². The molecule has 0 amide bonds. The van der Waals surface area contributed by atoms with E-state index in [9.17, 15) is 4.79 Å². The number of benzene rings is 1. The van der Waals surface area contributed by atoms with E-state index in [-0.39, 0.29) is 6.61 Å². The van der Waals surface area contributed by atoms with Gasteiger partial charge in [-0.1, -0.05) is 5.92 Å². The molecule has 1 aromatic heterocycles. The minimum atomic E-state index is -0.449.